The summed E-state index contributed by atoms with van der Waals surface area (Å²) in [7, 11) is 0. The Labute approximate surface area is 126 Å². The number of aryl methyl sites for hydroxylation is 1. The predicted octanol–water partition coefficient (Wildman–Crippen LogP) is 4.62. The van der Waals surface area contributed by atoms with Crippen molar-refractivity contribution in [2.45, 2.75) is 26.8 Å². The fraction of sp³-hybridized carbons (Fsp3) is 0.267. The number of thiophene rings is 1. The topological polar surface area (TPSA) is 29.1 Å². The minimum absolute atomic E-state index is 0.0302. The van der Waals surface area contributed by atoms with Crippen molar-refractivity contribution in [2.24, 2.45) is 0 Å². The van der Waals surface area contributed by atoms with Gasteiger partial charge in [0.1, 0.15) is 0 Å². The van der Waals surface area contributed by atoms with Gasteiger partial charge < -0.3 is 5.32 Å². The van der Waals surface area contributed by atoms with Crippen LogP contribution in [0.25, 0.3) is 0 Å². The molecule has 19 heavy (non-hydrogen) atoms. The first kappa shape index (κ1) is 14.3. The Hall–Kier alpha value is -1.13. The van der Waals surface area contributed by atoms with Gasteiger partial charge in [-0.15, -0.1) is 11.3 Å². The molecule has 4 heteroatoms. The van der Waals surface area contributed by atoms with E-state index in [0.717, 1.165) is 15.6 Å². The number of hydrogen-bond donors (Lipinski definition) is 1. The van der Waals surface area contributed by atoms with E-state index in [4.69, 9.17) is 0 Å². The lowest BCUT2D eigenvalue weighted by molar-refractivity contribution is 0.0940. The van der Waals surface area contributed by atoms with Crippen LogP contribution in [0, 0.1) is 13.8 Å². The van der Waals surface area contributed by atoms with Crippen LogP contribution < -0.4 is 5.32 Å². The Morgan fingerprint density at radius 2 is 2.00 bits per heavy atom. The van der Waals surface area contributed by atoms with Gasteiger partial charge in [-0.1, -0.05) is 22.0 Å². The summed E-state index contributed by atoms with van der Waals surface area (Å²) in [6.07, 6.45) is 0. The van der Waals surface area contributed by atoms with E-state index < -0.39 is 0 Å². The quantitative estimate of drug-likeness (QED) is 0.869. The van der Waals surface area contributed by atoms with Gasteiger partial charge in [0.15, 0.2) is 0 Å². The normalized spacial score (nSPS) is 12.2. The fourth-order valence-corrected chi connectivity index (χ4v) is 3.13. The molecule has 0 saturated heterocycles. The average Bonchev–Trinajstić information content (AvgIpc) is 2.79. The molecule has 1 aromatic carbocycles. The lowest BCUT2D eigenvalue weighted by Gasteiger charge is -2.14. The number of carbonyl (C=O) groups is 1. The number of benzene rings is 1. The zero-order chi connectivity index (χ0) is 14.0. The maximum atomic E-state index is 12.3. The Kier molecular flexibility index (Phi) is 4.42. The molecule has 0 radical (unpaired) electrons. The van der Waals surface area contributed by atoms with Gasteiger partial charge >= 0.3 is 0 Å². The molecular formula is C15H16BrNOS. The van der Waals surface area contributed by atoms with Crippen molar-refractivity contribution in [3.8, 4) is 0 Å². The second-order valence-electron chi connectivity index (χ2n) is 4.56. The average molecular weight is 338 g/mol. The van der Waals surface area contributed by atoms with Gasteiger partial charge in [0.25, 0.3) is 5.91 Å². The van der Waals surface area contributed by atoms with Gasteiger partial charge in [-0.25, -0.2) is 0 Å². The van der Waals surface area contributed by atoms with Crippen LogP contribution in [0.2, 0.25) is 0 Å². The van der Waals surface area contributed by atoms with Crippen LogP contribution in [0.3, 0.4) is 0 Å². The fourth-order valence-electron chi connectivity index (χ4n) is 1.89. The second kappa shape index (κ2) is 5.88. The van der Waals surface area contributed by atoms with Crippen molar-refractivity contribution in [3.63, 3.8) is 0 Å². The summed E-state index contributed by atoms with van der Waals surface area (Å²) < 4.78 is 0.958. The molecule has 0 aliphatic rings. The number of carbonyl (C=O) groups excluding carboxylic acids is 1. The van der Waals surface area contributed by atoms with E-state index in [1.807, 2.05) is 32.0 Å². The first-order valence-electron chi connectivity index (χ1n) is 6.11. The third kappa shape index (κ3) is 3.25. The van der Waals surface area contributed by atoms with E-state index >= 15 is 0 Å². The highest BCUT2D eigenvalue weighted by Gasteiger charge is 2.15. The molecular weight excluding hydrogens is 322 g/mol. The van der Waals surface area contributed by atoms with Crippen LogP contribution in [0.1, 0.15) is 38.6 Å². The predicted molar refractivity (Wildman–Crippen MR) is 83.8 cm³/mol. The van der Waals surface area contributed by atoms with Gasteiger partial charge in [-0.05, 0) is 50.6 Å². The van der Waals surface area contributed by atoms with Gasteiger partial charge in [-0.2, -0.15) is 0 Å². The molecule has 1 heterocycles. The number of rotatable bonds is 3. The number of amides is 1. The van der Waals surface area contributed by atoms with Crippen molar-refractivity contribution >= 4 is 33.2 Å². The minimum atomic E-state index is -0.0302. The van der Waals surface area contributed by atoms with Crippen LogP contribution in [-0.4, -0.2) is 5.91 Å². The first-order valence-corrected chi connectivity index (χ1v) is 7.72. The number of hydrogen-bond acceptors (Lipinski definition) is 2. The van der Waals surface area contributed by atoms with Gasteiger partial charge in [0.05, 0.1) is 6.04 Å². The van der Waals surface area contributed by atoms with Crippen molar-refractivity contribution in [1.82, 2.24) is 5.32 Å². The van der Waals surface area contributed by atoms with Crippen LogP contribution in [-0.2, 0) is 0 Å². The van der Waals surface area contributed by atoms with Crippen molar-refractivity contribution < 1.29 is 4.79 Å². The Morgan fingerprint density at radius 1 is 1.26 bits per heavy atom. The summed E-state index contributed by atoms with van der Waals surface area (Å²) in [5.74, 6) is -0.0302. The molecule has 1 amide bonds. The van der Waals surface area contributed by atoms with Crippen molar-refractivity contribution in [2.75, 3.05) is 0 Å². The standard InChI is InChI=1S/C15H16BrNOS/c1-9-7-8-14(19-9)11(3)17-15(18)12-5-4-6-13(16)10(12)2/h4-8,11H,1-3H3,(H,17,18). The molecule has 100 valence electrons. The zero-order valence-corrected chi connectivity index (χ0v) is 13.6. The SMILES string of the molecule is Cc1ccc(C(C)NC(=O)c2cccc(Br)c2C)s1. The minimum Gasteiger partial charge on any atom is -0.345 e. The third-order valence-corrected chi connectivity index (χ3v) is 5.09. The van der Waals surface area contributed by atoms with Gasteiger partial charge in [0, 0.05) is 19.8 Å². The first-order chi connectivity index (χ1) is 8.99. The summed E-state index contributed by atoms with van der Waals surface area (Å²) in [6, 6.07) is 9.85. The maximum Gasteiger partial charge on any atom is 0.252 e. The lowest BCUT2D eigenvalue weighted by atomic mass is 10.1. The van der Waals surface area contributed by atoms with E-state index in [9.17, 15) is 4.79 Å². The third-order valence-electron chi connectivity index (χ3n) is 3.05. The molecule has 2 nitrogen and oxygen atoms in total. The molecule has 0 fully saturated rings. The molecule has 1 atom stereocenters. The summed E-state index contributed by atoms with van der Waals surface area (Å²) >= 11 is 5.17. The van der Waals surface area contributed by atoms with Gasteiger partial charge in [-0.3, -0.25) is 4.79 Å². The summed E-state index contributed by atoms with van der Waals surface area (Å²) in [6.45, 7) is 6.02. The summed E-state index contributed by atoms with van der Waals surface area (Å²) in [5.41, 5.74) is 1.68. The van der Waals surface area contributed by atoms with Crippen LogP contribution in [0.15, 0.2) is 34.8 Å². The maximum absolute atomic E-state index is 12.3. The van der Waals surface area contributed by atoms with E-state index in [1.165, 1.54) is 9.75 Å². The molecule has 1 N–H and O–H groups in total. The summed E-state index contributed by atoms with van der Waals surface area (Å²) in [5, 5.41) is 3.04. The molecule has 2 aromatic rings. The molecule has 0 spiro atoms. The monoisotopic (exact) mass is 337 g/mol. The van der Waals surface area contributed by atoms with Crippen LogP contribution in [0.5, 0.6) is 0 Å². The Bertz CT molecular complexity index is 606. The van der Waals surface area contributed by atoms with Gasteiger partial charge in [0.2, 0.25) is 0 Å². The largest absolute Gasteiger partial charge is 0.345 e. The van der Waals surface area contributed by atoms with Crippen molar-refractivity contribution in [3.05, 3.63) is 55.7 Å². The number of halogens is 1. The molecule has 0 bridgehead atoms. The molecule has 1 aromatic heterocycles. The highest BCUT2D eigenvalue weighted by Crippen LogP contribution is 2.24. The zero-order valence-electron chi connectivity index (χ0n) is 11.2. The highest BCUT2D eigenvalue weighted by molar-refractivity contribution is 9.10. The smallest absolute Gasteiger partial charge is 0.252 e. The summed E-state index contributed by atoms with van der Waals surface area (Å²) in [4.78, 5) is 14.7. The molecule has 0 saturated carbocycles. The van der Waals surface area contributed by atoms with Crippen LogP contribution >= 0.6 is 27.3 Å². The molecule has 0 aliphatic carbocycles. The van der Waals surface area contributed by atoms with E-state index in [0.29, 0.717) is 0 Å². The second-order valence-corrected chi connectivity index (χ2v) is 6.73. The molecule has 0 aliphatic heterocycles. The molecule has 1 unspecified atom stereocenters. The lowest BCUT2D eigenvalue weighted by Crippen LogP contribution is -2.26. The Balaban J connectivity index is 2.15. The van der Waals surface area contributed by atoms with E-state index in [1.54, 1.807) is 11.3 Å². The van der Waals surface area contributed by atoms with Crippen LogP contribution in [0.4, 0.5) is 0 Å². The van der Waals surface area contributed by atoms with E-state index in [-0.39, 0.29) is 11.9 Å². The molecule has 2 rings (SSSR count). The Morgan fingerprint density at radius 3 is 2.63 bits per heavy atom. The van der Waals surface area contributed by atoms with E-state index in [2.05, 4.69) is 40.3 Å². The highest BCUT2D eigenvalue weighted by atomic mass is 79.9. The number of nitrogens with one attached hydrogen (secondary N) is 1. The van der Waals surface area contributed by atoms with Crippen molar-refractivity contribution in [1.29, 1.82) is 0 Å².